The monoisotopic (exact) mass is 426 g/mol. The van der Waals surface area contributed by atoms with E-state index >= 15 is 0 Å². The summed E-state index contributed by atoms with van der Waals surface area (Å²) in [5, 5.41) is 0. The van der Waals surface area contributed by atoms with Crippen molar-refractivity contribution in [2.24, 2.45) is 0 Å². The van der Waals surface area contributed by atoms with Crippen molar-refractivity contribution in [2.45, 2.75) is 11.1 Å². The van der Waals surface area contributed by atoms with Crippen LogP contribution in [0.2, 0.25) is 0 Å². The second-order valence-electron chi connectivity index (χ2n) is 4.49. The summed E-state index contributed by atoms with van der Waals surface area (Å²) < 4.78 is 61.1. The molecule has 0 bridgehead atoms. The molecule has 0 saturated heterocycles. The van der Waals surface area contributed by atoms with E-state index in [1.807, 2.05) is 22.6 Å². The van der Waals surface area contributed by atoms with E-state index in [-0.39, 0.29) is 4.90 Å². The van der Waals surface area contributed by atoms with E-state index in [0.29, 0.717) is 14.7 Å². The lowest BCUT2D eigenvalue weighted by atomic mass is 10.0. The minimum atomic E-state index is -4.38. The van der Waals surface area contributed by atoms with Gasteiger partial charge in [-0.15, -0.1) is 0 Å². The maximum atomic E-state index is 12.6. The summed E-state index contributed by atoms with van der Waals surface area (Å²) in [6.07, 6.45) is -3.28. The van der Waals surface area contributed by atoms with Gasteiger partial charge in [-0.2, -0.15) is 13.2 Å². The summed E-state index contributed by atoms with van der Waals surface area (Å²) in [5.74, 6) is 0. The Bertz CT molecular complexity index is 766. The Kier molecular flexibility index (Phi) is 4.34. The summed E-state index contributed by atoms with van der Waals surface area (Å²) in [6, 6.07) is 9.53. The van der Waals surface area contributed by atoms with E-state index in [2.05, 4.69) is 0 Å². The standard InChI is InChI=1S/C14H10F3IO2S/c1-21(19,20)11-5-2-9(3-6-11)12-7-4-10(8-13(12)18)14(15,16)17/h2-8H,1H3. The van der Waals surface area contributed by atoms with Gasteiger partial charge in [-0.1, -0.05) is 18.2 Å². The quantitative estimate of drug-likeness (QED) is 0.669. The Morgan fingerprint density at radius 2 is 1.57 bits per heavy atom. The first-order valence-electron chi connectivity index (χ1n) is 5.76. The average Bonchev–Trinajstić information content (AvgIpc) is 2.36. The topological polar surface area (TPSA) is 34.1 Å². The van der Waals surface area contributed by atoms with E-state index in [9.17, 15) is 21.6 Å². The predicted molar refractivity (Wildman–Crippen MR) is 82.7 cm³/mol. The summed E-state index contributed by atoms with van der Waals surface area (Å²) in [5.41, 5.74) is 0.590. The Morgan fingerprint density at radius 1 is 1.00 bits per heavy atom. The van der Waals surface area contributed by atoms with Gasteiger partial charge in [0.2, 0.25) is 0 Å². The first-order chi connectivity index (χ1) is 9.59. The van der Waals surface area contributed by atoms with Crippen molar-refractivity contribution >= 4 is 32.4 Å². The van der Waals surface area contributed by atoms with Crippen LogP contribution in [0, 0.1) is 3.57 Å². The molecule has 0 N–H and O–H groups in total. The fourth-order valence-corrected chi connectivity index (χ4v) is 3.26. The second-order valence-corrected chi connectivity index (χ2v) is 7.67. The van der Waals surface area contributed by atoms with Gasteiger partial charge in [0.15, 0.2) is 9.84 Å². The van der Waals surface area contributed by atoms with Crippen molar-refractivity contribution < 1.29 is 21.6 Å². The zero-order chi connectivity index (χ0) is 15.8. The van der Waals surface area contributed by atoms with Crippen LogP contribution in [-0.2, 0) is 16.0 Å². The smallest absolute Gasteiger partial charge is 0.224 e. The third-order valence-corrected chi connectivity index (χ3v) is 4.91. The van der Waals surface area contributed by atoms with Crippen LogP contribution in [0.15, 0.2) is 47.4 Å². The number of hydrogen-bond acceptors (Lipinski definition) is 2. The molecule has 0 spiro atoms. The maximum absolute atomic E-state index is 12.6. The van der Waals surface area contributed by atoms with Crippen LogP contribution in [0.5, 0.6) is 0 Å². The molecule has 0 aromatic heterocycles. The lowest BCUT2D eigenvalue weighted by molar-refractivity contribution is -0.137. The SMILES string of the molecule is CS(=O)(=O)c1ccc(-c2ccc(C(F)(F)F)cc2I)cc1. The third kappa shape index (κ3) is 3.76. The van der Waals surface area contributed by atoms with Crippen LogP contribution in [0.4, 0.5) is 13.2 Å². The van der Waals surface area contributed by atoms with Crippen LogP contribution in [0.1, 0.15) is 5.56 Å². The van der Waals surface area contributed by atoms with E-state index in [4.69, 9.17) is 0 Å². The van der Waals surface area contributed by atoms with Crippen molar-refractivity contribution in [3.8, 4) is 11.1 Å². The largest absolute Gasteiger partial charge is 0.416 e. The molecular weight excluding hydrogens is 416 g/mol. The van der Waals surface area contributed by atoms with Gasteiger partial charge in [0.25, 0.3) is 0 Å². The first-order valence-corrected chi connectivity index (χ1v) is 8.73. The van der Waals surface area contributed by atoms with Gasteiger partial charge >= 0.3 is 6.18 Å². The van der Waals surface area contributed by atoms with Crippen LogP contribution >= 0.6 is 22.6 Å². The van der Waals surface area contributed by atoms with Crippen molar-refractivity contribution in [2.75, 3.05) is 6.26 Å². The molecule has 0 saturated carbocycles. The molecule has 2 nitrogen and oxygen atoms in total. The van der Waals surface area contributed by atoms with Gasteiger partial charge in [-0.3, -0.25) is 0 Å². The molecule has 2 rings (SSSR count). The highest BCUT2D eigenvalue weighted by atomic mass is 127. The van der Waals surface area contributed by atoms with Crippen molar-refractivity contribution in [3.63, 3.8) is 0 Å². The van der Waals surface area contributed by atoms with Gasteiger partial charge < -0.3 is 0 Å². The zero-order valence-electron chi connectivity index (χ0n) is 10.8. The van der Waals surface area contributed by atoms with Crippen LogP contribution < -0.4 is 0 Å². The van der Waals surface area contributed by atoms with Gasteiger partial charge in [0.05, 0.1) is 10.5 Å². The lowest BCUT2D eigenvalue weighted by Crippen LogP contribution is -2.05. The lowest BCUT2D eigenvalue weighted by Gasteiger charge is -2.10. The van der Waals surface area contributed by atoms with E-state index in [1.54, 1.807) is 12.1 Å². The minimum absolute atomic E-state index is 0.174. The Balaban J connectivity index is 2.44. The highest BCUT2D eigenvalue weighted by Crippen LogP contribution is 2.34. The van der Waals surface area contributed by atoms with Gasteiger partial charge in [-0.25, -0.2) is 8.42 Å². The molecule has 0 aliphatic rings. The Hall–Kier alpha value is -1.09. The van der Waals surface area contributed by atoms with E-state index in [1.165, 1.54) is 18.2 Å². The molecule has 0 fully saturated rings. The Labute approximate surface area is 134 Å². The fourth-order valence-electron chi connectivity index (χ4n) is 1.81. The number of halogens is 4. The molecule has 21 heavy (non-hydrogen) atoms. The summed E-state index contributed by atoms with van der Waals surface area (Å²) in [4.78, 5) is 0.174. The minimum Gasteiger partial charge on any atom is -0.224 e. The average molecular weight is 426 g/mol. The first kappa shape index (κ1) is 16.3. The fraction of sp³-hybridized carbons (Fsp3) is 0.143. The number of alkyl halides is 3. The molecule has 0 aliphatic carbocycles. The molecule has 0 unspecified atom stereocenters. The molecule has 0 heterocycles. The van der Waals surface area contributed by atoms with Crippen LogP contribution in [-0.4, -0.2) is 14.7 Å². The van der Waals surface area contributed by atoms with E-state index in [0.717, 1.165) is 18.4 Å². The third-order valence-electron chi connectivity index (χ3n) is 2.89. The van der Waals surface area contributed by atoms with E-state index < -0.39 is 21.6 Å². The van der Waals surface area contributed by atoms with Crippen molar-refractivity contribution in [1.82, 2.24) is 0 Å². The Morgan fingerprint density at radius 3 is 2.00 bits per heavy atom. The van der Waals surface area contributed by atoms with Gasteiger partial charge in [0, 0.05) is 9.83 Å². The zero-order valence-corrected chi connectivity index (χ0v) is 13.8. The number of rotatable bonds is 2. The molecular formula is C14H10F3IO2S. The molecule has 2 aromatic carbocycles. The molecule has 0 amide bonds. The molecule has 7 heteroatoms. The molecule has 2 aromatic rings. The molecule has 0 radical (unpaired) electrons. The molecule has 0 atom stereocenters. The van der Waals surface area contributed by atoms with Gasteiger partial charge in [0.1, 0.15) is 0 Å². The predicted octanol–water partition coefficient (Wildman–Crippen LogP) is 4.38. The van der Waals surface area contributed by atoms with Crippen LogP contribution in [0.25, 0.3) is 11.1 Å². The number of sulfone groups is 1. The maximum Gasteiger partial charge on any atom is 0.416 e. The summed E-state index contributed by atoms with van der Waals surface area (Å²) >= 11 is 1.84. The normalized spacial score (nSPS) is 12.4. The summed E-state index contributed by atoms with van der Waals surface area (Å²) in [7, 11) is -3.29. The highest BCUT2D eigenvalue weighted by molar-refractivity contribution is 14.1. The highest BCUT2D eigenvalue weighted by Gasteiger charge is 2.30. The molecule has 0 aliphatic heterocycles. The van der Waals surface area contributed by atoms with Crippen molar-refractivity contribution in [3.05, 3.63) is 51.6 Å². The molecule has 112 valence electrons. The number of hydrogen-bond donors (Lipinski definition) is 0. The number of benzene rings is 2. The summed E-state index contributed by atoms with van der Waals surface area (Å²) in [6.45, 7) is 0. The second kappa shape index (κ2) is 5.60. The van der Waals surface area contributed by atoms with Crippen LogP contribution in [0.3, 0.4) is 0 Å². The van der Waals surface area contributed by atoms with Crippen molar-refractivity contribution in [1.29, 1.82) is 0 Å². The van der Waals surface area contributed by atoms with Gasteiger partial charge in [-0.05, 0) is 58.0 Å².